The molecule has 1 atom stereocenters. The third-order valence-corrected chi connectivity index (χ3v) is 3.55. The molecule has 0 heteroatoms. The molecule has 0 amide bonds. The quantitative estimate of drug-likeness (QED) is 0.575. The van der Waals surface area contributed by atoms with Crippen LogP contribution in [0.2, 0.25) is 0 Å². The fourth-order valence-corrected chi connectivity index (χ4v) is 2.50. The van der Waals surface area contributed by atoms with Gasteiger partial charge in [0.15, 0.2) is 0 Å². The van der Waals surface area contributed by atoms with Gasteiger partial charge < -0.3 is 0 Å². The molecule has 0 heterocycles. The van der Waals surface area contributed by atoms with Gasteiger partial charge >= 0.3 is 0 Å². The molecule has 0 aliphatic carbocycles. The Hall–Kier alpha value is -1.30. The first-order chi connectivity index (χ1) is 8.81. The van der Waals surface area contributed by atoms with E-state index in [1.807, 2.05) is 0 Å². The average Bonchev–Trinajstić information content (AvgIpc) is 2.39. The number of benzene rings is 2. The largest absolute Gasteiger partial charge is 0.0654 e. The molecule has 18 heavy (non-hydrogen) atoms. The van der Waals surface area contributed by atoms with E-state index in [-0.39, 0.29) is 0 Å². The van der Waals surface area contributed by atoms with Crippen LogP contribution >= 0.6 is 0 Å². The highest BCUT2D eigenvalue weighted by molar-refractivity contribution is 5.86. The summed E-state index contributed by atoms with van der Waals surface area (Å²) >= 11 is 0. The molecular formula is C18H23. The van der Waals surface area contributed by atoms with Crippen molar-refractivity contribution in [1.29, 1.82) is 0 Å². The van der Waals surface area contributed by atoms with Crippen LogP contribution in [-0.4, -0.2) is 0 Å². The summed E-state index contributed by atoms with van der Waals surface area (Å²) in [7, 11) is 0. The predicted octanol–water partition coefficient (Wildman–Crippen LogP) is 5.61. The average molecular weight is 239 g/mol. The van der Waals surface area contributed by atoms with Crippen LogP contribution in [0.1, 0.15) is 45.1 Å². The molecule has 0 aliphatic heterocycles. The summed E-state index contributed by atoms with van der Waals surface area (Å²) in [6, 6.07) is 15.2. The van der Waals surface area contributed by atoms with Crippen LogP contribution in [0.5, 0.6) is 0 Å². The first-order valence-electron chi connectivity index (χ1n) is 7.14. The molecule has 0 saturated carbocycles. The monoisotopic (exact) mass is 239 g/mol. The van der Waals surface area contributed by atoms with Gasteiger partial charge in [0, 0.05) is 0 Å². The lowest BCUT2D eigenvalue weighted by molar-refractivity contribution is 0.556. The molecular weight excluding hydrogens is 216 g/mol. The fourth-order valence-electron chi connectivity index (χ4n) is 2.50. The van der Waals surface area contributed by atoms with Gasteiger partial charge in [-0.3, -0.25) is 0 Å². The molecule has 2 aromatic rings. The molecule has 0 spiro atoms. The summed E-state index contributed by atoms with van der Waals surface area (Å²) in [5, 5.41) is 2.72. The van der Waals surface area contributed by atoms with Crippen LogP contribution in [-0.2, 0) is 0 Å². The Morgan fingerprint density at radius 3 is 2.61 bits per heavy atom. The van der Waals surface area contributed by atoms with Gasteiger partial charge in [0.2, 0.25) is 0 Å². The van der Waals surface area contributed by atoms with Gasteiger partial charge in [-0.1, -0.05) is 82.0 Å². The molecule has 2 rings (SSSR count). The fraction of sp³-hybridized carbons (Fsp3) is 0.389. The van der Waals surface area contributed by atoms with Gasteiger partial charge in [-0.15, -0.1) is 0 Å². The third kappa shape index (κ3) is 3.35. The summed E-state index contributed by atoms with van der Waals surface area (Å²) in [6.07, 6.45) is 7.74. The van der Waals surface area contributed by atoms with Gasteiger partial charge in [0.25, 0.3) is 0 Å². The molecule has 1 unspecified atom stereocenters. The second-order valence-electron chi connectivity index (χ2n) is 5.21. The highest BCUT2D eigenvalue weighted by Gasteiger charge is 2.06. The minimum Gasteiger partial charge on any atom is -0.0654 e. The molecule has 0 N–H and O–H groups in total. The molecule has 0 fully saturated rings. The van der Waals surface area contributed by atoms with Crippen LogP contribution < -0.4 is 0 Å². The van der Waals surface area contributed by atoms with Gasteiger partial charge in [-0.2, -0.15) is 0 Å². The number of unbranched alkanes of at least 4 members (excludes halogenated alkanes) is 2. The maximum absolute atomic E-state index is 2.43. The van der Waals surface area contributed by atoms with E-state index < -0.39 is 0 Å². The van der Waals surface area contributed by atoms with Crippen LogP contribution in [0.25, 0.3) is 10.8 Å². The molecule has 0 saturated heterocycles. The lowest BCUT2D eigenvalue weighted by atomic mass is 9.92. The number of hydrogen-bond donors (Lipinski definition) is 0. The Morgan fingerprint density at radius 1 is 1.00 bits per heavy atom. The van der Waals surface area contributed by atoms with Gasteiger partial charge in [-0.05, 0) is 28.7 Å². The number of rotatable bonds is 6. The van der Waals surface area contributed by atoms with E-state index in [9.17, 15) is 0 Å². The van der Waals surface area contributed by atoms with Crippen molar-refractivity contribution in [1.82, 2.24) is 0 Å². The Bertz CT molecular complexity index is 479. The Kier molecular flexibility index (Phi) is 4.81. The predicted molar refractivity (Wildman–Crippen MR) is 80.7 cm³/mol. The number of hydrogen-bond acceptors (Lipinski definition) is 0. The maximum atomic E-state index is 2.43. The van der Waals surface area contributed by atoms with E-state index in [0.717, 1.165) is 0 Å². The molecule has 0 nitrogen and oxygen atoms in total. The Labute approximate surface area is 111 Å². The molecule has 2 aromatic carbocycles. The minimum absolute atomic E-state index is 0.669. The standard InChI is InChI=1S/C18H23/c1-3-4-5-9-15(2)14-17-12-8-11-16-10-6-7-13-18(16)17/h6-8,10-15H,3-5,9H2,1-2H3. The van der Waals surface area contributed by atoms with Crippen LogP contribution in [0, 0.1) is 12.3 Å². The normalized spacial score (nSPS) is 12.8. The van der Waals surface area contributed by atoms with Gasteiger partial charge in [0.05, 0.1) is 0 Å². The van der Waals surface area contributed by atoms with E-state index >= 15 is 0 Å². The lowest BCUT2D eigenvalue weighted by Gasteiger charge is -2.12. The van der Waals surface area contributed by atoms with Crippen molar-refractivity contribution in [3.05, 3.63) is 54.4 Å². The lowest BCUT2D eigenvalue weighted by Crippen LogP contribution is -1.97. The molecule has 0 aromatic heterocycles. The highest BCUT2D eigenvalue weighted by atomic mass is 14.1. The summed E-state index contributed by atoms with van der Waals surface area (Å²) in [6.45, 7) is 4.59. The summed E-state index contributed by atoms with van der Waals surface area (Å²) in [4.78, 5) is 0. The van der Waals surface area contributed by atoms with Crippen LogP contribution in [0.4, 0.5) is 0 Å². The molecule has 1 radical (unpaired) electrons. The molecule has 95 valence electrons. The minimum atomic E-state index is 0.669. The third-order valence-electron chi connectivity index (χ3n) is 3.55. The van der Waals surface area contributed by atoms with E-state index in [2.05, 4.69) is 62.7 Å². The van der Waals surface area contributed by atoms with Crippen molar-refractivity contribution < 1.29 is 0 Å². The number of fused-ring (bicyclic) bond motifs is 1. The van der Waals surface area contributed by atoms with Crippen LogP contribution in [0.3, 0.4) is 0 Å². The van der Waals surface area contributed by atoms with Crippen molar-refractivity contribution in [2.24, 2.45) is 5.92 Å². The highest BCUT2D eigenvalue weighted by Crippen LogP contribution is 2.24. The van der Waals surface area contributed by atoms with E-state index in [1.54, 1.807) is 0 Å². The first kappa shape index (κ1) is 13.1. The zero-order valence-corrected chi connectivity index (χ0v) is 11.5. The Balaban J connectivity index is 2.07. The zero-order valence-electron chi connectivity index (χ0n) is 11.5. The zero-order chi connectivity index (χ0) is 12.8. The van der Waals surface area contributed by atoms with Gasteiger partial charge in [-0.25, -0.2) is 0 Å². The second kappa shape index (κ2) is 6.58. The van der Waals surface area contributed by atoms with E-state index in [1.165, 1.54) is 42.0 Å². The smallest absolute Gasteiger partial charge is 0.00585 e. The molecule has 0 aliphatic rings. The van der Waals surface area contributed by atoms with Gasteiger partial charge in [0.1, 0.15) is 0 Å². The summed E-state index contributed by atoms with van der Waals surface area (Å²) < 4.78 is 0. The SMILES string of the molecule is CCCCCC(C)[CH]c1cccc2ccccc12. The Morgan fingerprint density at radius 2 is 1.78 bits per heavy atom. The van der Waals surface area contributed by atoms with E-state index in [0.29, 0.717) is 5.92 Å². The topological polar surface area (TPSA) is 0 Å². The van der Waals surface area contributed by atoms with Crippen LogP contribution in [0.15, 0.2) is 42.5 Å². The van der Waals surface area contributed by atoms with Crippen molar-refractivity contribution in [3.8, 4) is 0 Å². The maximum Gasteiger partial charge on any atom is -0.00585 e. The summed E-state index contributed by atoms with van der Waals surface area (Å²) in [5.41, 5.74) is 1.39. The molecule has 0 bridgehead atoms. The second-order valence-corrected chi connectivity index (χ2v) is 5.21. The van der Waals surface area contributed by atoms with Crippen molar-refractivity contribution in [2.75, 3.05) is 0 Å². The van der Waals surface area contributed by atoms with E-state index in [4.69, 9.17) is 0 Å². The first-order valence-corrected chi connectivity index (χ1v) is 7.14. The van der Waals surface area contributed by atoms with Crippen molar-refractivity contribution in [3.63, 3.8) is 0 Å². The van der Waals surface area contributed by atoms with Crippen molar-refractivity contribution in [2.45, 2.75) is 39.5 Å². The van der Waals surface area contributed by atoms with Crippen molar-refractivity contribution >= 4 is 10.8 Å². The summed E-state index contributed by atoms with van der Waals surface area (Å²) in [5.74, 6) is 0.669.